The van der Waals surface area contributed by atoms with E-state index in [-0.39, 0.29) is 11.4 Å². The van der Waals surface area contributed by atoms with Crippen molar-refractivity contribution < 1.29 is 14.3 Å². The number of urea groups is 1. The zero-order chi connectivity index (χ0) is 13.0. The second kappa shape index (κ2) is 5.18. The van der Waals surface area contributed by atoms with E-state index < -0.39 is 11.8 Å². The smallest absolute Gasteiger partial charge is 0.323 e. The molecule has 5 heteroatoms. The Morgan fingerprint density at radius 1 is 1.06 bits per heavy atom. The summed E-state index contributed by atoms with van der Waals surface area (Å²) in [7, 11) is 0. The molecule has 0 spiro atoms. The van der Waals surface area contributed by atoms with Gasteiger partial charge in [-0.2, -0.15) is 0 Å². The molecule has 4 nitrogen and oxygen atoms in total. The quantitative estimate of drug-likeness (QED) is 0.762. The van der Waals surface area contributed by atoms with Gasteiger partial charge in [0.2, 0.25) is 0 Å². The van der Waals surface area contributed by atoms with Gasteiger partial charge in [-0.05, 0) is 24.3 Å². The zero-order valence-corrected chi connectivity index (χ0v) is 9.35. The maximum Gasteiger partial charge on any atom is 0.323 e. The minimum Gasteiger partial charge on any atom is -0.508 e. The summed E-state index contributed by atoms with van der Waals surface area (Å²) in [6.07, 6.45) is 0. The van der Waals surface area contributed by atoms with Crippen LogP contribution < -0.4 is 10.6 Å². The van der Waals surface area contributed by atoms with Gasteiger partial charge in [0.05, 0.1) is 5.69 Å². The van der Waals surface area contributed by atoms with E-state index >= 15 is 0 Å². The minimum atomic E-state index is -0.578. The van der Waals surface area contributed by atoms with Gasteiger partial charge in [-0.1, -0.05) is 18.2 Å². The summed E-state index contributed by atoms with van der Waals surface area (Å²) in [6.45, 7) is 0. The number of hydrogen-bond acceptors (Lipinski definition) is 2. The van der Waals surface area contributed by atoms with Crippen LogP contribution in [0, 0.1) is 5.82 Å². The van der Waals surface area contributed by atoms with Crippen LogP contribution >= 0.6 is 0 Å². The van der Waals surface area contributed by atoms with Gasteiger partial charge in [-0.25, -0.2) is 9.18 Å². The number of carbonyl (C=O) groups is 1. The van der Waals surface area contributed by atoms with Crippen LogP contribution in [0.25, 0.3) is 0 Å². The molecular formula is C13H11FN2O2. The number of nitrogens with one attached hydrogen (secondary N) is 2. The lowest BCUT2D eigenvalue weighted by Crippen LogP contribution is -2.19. The third-order valence-corrected chi connectivity index (χ3v) is 2.23. The minimum absolute atomic E-state index is 0.0405. The van der Waals surface area contributed by atoms with Gasteiger partial charge >= 0.3 is 6.03 Å². The van der Waals surface area contributed by atoms with Gasteiger partial charge in [-0.15, -0.1) is 0 Å². The van der Waals surface area contributed by atoms with Crippen molar-refractivity contribution in [3.8, 4) is 5.75 Å². The van der Waals surface area contributed by atoms with Crippen molar-refractivity contribution in [2.75, 3.05) is 10.6 Å². The Hall–Kier alpha value is -2.56. The lowest BCUT2D eigenvalue weighted by molar-refractivity contribution is 0.262. The second-order valence-electron chi connectivity index (χ2n) is 3.61. The molecule has 0 heterocycles. The molecule has 0 saturated carbocycles. The van der Waals surface area contributed by atoms with Crippen LogP contribution in [-0.2, 0) is 0 Å². The van der Waals surface area contributed by atoms with Crippen LogP contribution in [0.3, 0.4) is 0 Å². The predicted octanol–water partition coefficient (Wildman–Crippen LogP) is 3.18. The van der Waals surface area contributed by atoms with Gasteiger partial charge in [0.25, 0.3) is 0 Å². The van der Waals surface area contributed by atoms with Crippen molar-refractivity contribution in [2.45, 2.75) is 0 Å². The van der Waals surface area contributed by atoms with Crippen LogP contribution in [0.1, 0.15) is 0 Å². The number of phenols is 1. The van der Waals surface area contributed by atoms with Gasteiger partial charge < -0.3 is 15.7 Å². The van der Waals surface area contributed by atoms with E-state index in [9.17, 15) is 14.3 Å². The van der Waals surface area contributed by atoms with Crippen LogP contribution in [0.2, 0.25) is 0 Å². The molecule has 0 aromatic heterocycles. The standard InChI is InChI=1S/C13H11FN2O2/c14-11-6-1-2-7-12(11)16-13(18)15-9-4-3-5-10(17)8-9/h1-8,17H,(H2,15,16,18). The highest BCUT2D eigenvalue weighted by atomic mass is 19.1. The third-order valence-electron chi connectivity index (χ3n) is 2.23. The molecule has 18 heavy (non-hydrogen) atoms. The average molecular weight is 246 g/mol. The molecule has 0 aliphatic carbocycles. The summed E-state index contributed by atoms with van der Waals surface area (Å²) in [6, 6.07) is 11.4. The fraction of sp³-hybridized carbons (Fsp3) is 0. The molecule has 0 fully saturated rings. The number of benzene rings is 2. The maximum absolute atomic E-state index is 13.3. The molecule has 0 saturated heterocycles. The number of rotatable bonds is 2. The molecule has 0 bridgehead atoms. The second-order valence-corrected chi connectivity index (χ2v) is 3.61. The first-order valence-electron chi connectivity index (χ1n) is 5.27. The molecular weight excluding hydrogens is 235 g/mol. The van der Waals surface area contributed by atoms with Crippen molar-refractivity contribution in [3.63, 3.8) is 0 Å². The highest BCUT2D eigenvalue weighted by Gasteiger charge is 2.06. The Morgan fingerprint density at radius 3 is 2.56 bits per heavy atom. The predicted molar refractivity (Wildman–Crippen MR) is 67.1 cm³/mol. The van der Waals surface area contributed by atoms with E-state index in [0.717, 1.165) is 0 Å². The molecule has 0 aliphatic heterocycles. The normalized spacial score (nSPS) is 9.83. The number of aromatic hydroxyl groups is 1. The van der Waals surface area contributed by atoms with E-state index in [1.165, 1.54) is 30.3 Å². The van der Waals surface area contributed by atoms with Crippen LogP contribution in [0.15, 0.2) is 48.5 Å². The van der Waals surface area contributed by atoms with Gasteiger partial charge in [0.1, 0.15) is 11.6 Å². The number of para-hydroxylation sites is 1. The molecule has 0 atom stereocenters. The van der Waals surface area contributed by atoms with Gasteiger partial charge in [-0.3, -0.25) is 0 Å². The number of amides is 2. The largest absolute Gasteiger partial charge is 0.508 e. The van der Waals surface area contributed by atoms with Gasteiger partial charge in [0.15, 0.2) is 0 Å². The number of carbonyl (C=O) groups excluding carboxylic acids is 1. The van der Waals surface area contributed by atoms with Crippen LogP contribution in [0.4, 0.5) is 20.6 Å². The van der Waals surface area contributed by atoms with Crippen molar-refractivity contribution in [2.24, 2.45) is 0 Å². The van der Waals surface area contributed by atoms with E-state index in [4.69, 9.17) is 0 Å². The molecule has 2 aromatic rings. The number of hydrogen-bond donors (Lipinski definition) is 3. The fourth-order valence-corrected chi connectivity index (χ4v) is 1.43. The van der Waals surface area contributed by atoms with Crippen molar-refractivity contribution in [1.82, 2.24) is 0 Å². The molecule has 92 valence electrons. The lowest BCUT2D eigenvalue weighted by atomic mass is 10.3. The van der Waals surface area contributed by atoms with E-state index in [1.807, 2.05) is 0 Å². The van der Waals surface area contributed by atoms with Crippen molar-refractivity contribution in [1.29, 1.82) is 0 Å². The topological polar surface area (TPSA) is 61.4 Å². The Morgan fingerprint density at radius 2 is 1.83 bits per heavy atom. The van der Waals surface area contributed by atoms with Crippen LogP contribution in [0.5, 0.6) is 5.75 Å². The molecule has 2 rings (SSSR count). The average Bonchev–Trinajstić information content (AvgIpc) is 2.32. The molecule has 0 aliphatic rings. The molecule has 3 N–H and O–H groups in total. The number of phenolic OH excluding ortho intramolecular Hbond substituents is 1. The summed E-state index contributed by atoms with van der Waals surface area (Å²) in [4.78, 5) is 11.6. The maximum atomic E-state index is 13.3. The Bertz CT molecular complexity index is 572. The number of anilines is 2. The zero-order valence-electron chi connectivity index (χ0n) is 9.35. The summed E-state index contributed by atoms with van der Waals surface area (Å²) in [5.74, 6) is -0.470. The summed E-state index contributed by atoms with van der Waals surface area (Å²) < 4.78 is 13.3. The highest BCUT2D eigenvalue weighted by molar-refractivity contribution is 5.99. The Kier molecular flexibility index (Phi) is 3.43. The third kappa shape index (κ3) is 2.98. The summed E-state index contributed by atoms with van der Waals surface area (Å²) in [5.41, 5.74) is 0.513. The first-order valence-corrected chi connectivity index (χ1v) is 5.27. The fourth-order valence-electron chi connectivity index (χ4n) is 1.43. The monoisotopic (exact) mass is 246 g/mol. The van der Waals surface area contributed by atoms with E-state index in [0.29, 0.717) is 5.69 Å². The van der Waals surface area contributed by atoms with Crippen LogP contribution in [-0.4, -0.2) is 11.1 Å². The summed E-state index contributed by atoms with van der Waals surface area (Å²) in [5, 5.41) is 14.1. The van der Waals surface area contributed by atoms with Gasteiger partial charge in [0, 0.05) is 11.8 Å². The Labute approximate surface area is 103 Å². The number of halogens is 1. The lowest BCUT2D eigenvalue weighted by Gasteiger charge is -2.08. The molecule has 0 radical (unpaired) electrons. The molecule has 2 aromatic carbocycles. The van der Waals surface area contributed by atoms with E-state index in [2.05, 4.69) is 10.6 Å². The van der Waals surface area contributed by atoms with Crippen molar-refractivity contribution in [3.05, 3.63) is 54.3 Å². The molecule has 0 unspecified atom stereocenters. The van der Waals surface area contributed by atoms with E-state index in [1.54, 1.807) is 18.2 Å². The van der Waals surface area contributed by atoms with Crippen molar-refractivity contribution >= 4 is 17.4 Å². The SMILES string of the molecule is O=C(Nc1cccc(O)c1)Nc1ccccc1F. The highest BCUT2D eigenvalue weighted by Crippen LogP contribution is 2.16. The molecule has 2 amide bonds. The first-order chi connectivity index (χ1) is 8.65. The summed E-state index contributed by atoms with van der Waals surface area (Å²) >= 11 is 0. The first kappa shape index (κ1) is 11.9. The Balaban J connectivity index is 2.03.